The zero-order chi connectivity index (χ0) is 12.1. The summed E-state index contributed by atoms with van der Waals surface area (Å²) in [5.41, 5.74) is 0. The molecule has 1 saturated carbocycles. The van der Waals surface area contributed by atoms with Crippen molar-refractivity contribution >= 4 is 5.91 Å². The Bertz CT molecular complexity index is 252. The molecule has 0 radical (unpaired) electrons. The molecule has 98 valence electrons. The summed E-state index contributed by atoms with van der Waals surface area (Å²) in [6.07, 6.45) is 6.41. The van der Waals surface area contributed by atoms with E-state index in [0.717, 1.165) is 45.2 Å². The fourth-order valence-corrected chi connectivity index (χ4v) is 2.85. The van der Waals surface area contributed by atoms with E-state index in [1.54, 1.807) is 0 Å². The van der Waals surface area contributed by atoms with Crippen LogP contribution in [0.5, 0.6) is 0 Å². The summed E-state index contributed by atoms with van der Waals surface area (Å²) in [5.74, 6) is 0.778. The topological polar surface area (TPSA) is 61.4 Å². The molecule has 1 amide bonds. The number of amides is 1. The lowest BCUT2D eigenvalue weighted by Crippen LogP contribution is -2.45. The van der Waals surface area contributed by atoms with E-state index >= 15 is 0 Å². The largest absolute Gasteiger partial charge is 0.391 e. The fraction of sp³-hybridized carbons (Fsp3) is 0.923. The Morgan fingerprint density at radius 3 is 2.82 bits per heavy atom. The van der Waals surface area contributed by atoms with Crippen molar-refractivity contribution in [2.75, 3.05) is 13.1 Å². The molecule has 0 spiro atoms. The summed E-state index contributed by atoms with van der Waals surface area (Å²) in [6.45, 7) is 2.15. The zero-order valence-electron chi connectivity index (χ0n) is 10.5. The second-order valence-corrected chi connectivity index (χ2v) is 5.42. The highest BCUT2D eigenvalue weighted by Crippen LogP contribution is 2.19. The lowest BCUT2D eigenvalue weighted by Gasteiger charge is -2.28. The van der Waals surface area contributed by atoms with E-state index in [9.17, 15) is 9.90 Å². The van der Waals surface area contributed by atoms with Crippen LogP contribution >= 0.6 is 0 Å². The van der Waals surface area contributed by atoms with Gasteiger partial charge in [0.05, 0.1) is 12.1 Å². The molecule has 0 aromatic rings. The molecule has 3 unspecified atom stereocenters. The van der Waals surface area contributed by atoms with Gasteiger partial charge in [0.15, 0.2) is 0 Å². The van der Waals surface area contributed by atoms with Crippen LogP contribution in [0.2, 0.25) is 0 Å². The highest BCUT2D eigenvalue weighted by Gasteiger charge is 2.24. The predicted molar refractivity (Wildman–Crippen MR) is 66.6 cm³/mol. The van der Waals surface area contributed by atoms with Crippen LogP contribution in [0.4, 0.5) is 0 Å². The molecule has 2 aliphatic rings. The minimum Gasteiger partial charge on any atom is -0.391 e. The van der Waals surface area contributed by atoms with Gasteiger partial charge in [-0.05, 0) is 44.7 Å². The van der Waals surface area contributed by atoms with E-state index in [2.05, 4.69) is 10.6 Å². The van der Waals surface area contributed by atoms with E-state index in [-0.39, 0.29) is 18.1 Å². The Balaban J connectivity index is 1.65. The second kappa shape index (κ2) is 6.36. The van der Waals surface area contributed by atoms with Gasteiger partial charge < -0.3 is 15.7 Å². The normalized spacial score (nSPS) is 33.6. The Hall–Kier alpha value is -0.610. The van der Waals surface area contributed by atoms with Gasteiger partial charge in [0, 0.05) is 6.42 Å². The first-order chi connectivity index (χ1) is 8.25. The average molecular weight is 240 g/mol. The first-order valence-corrected chi connectivity index (χ1v) is 6.94. The number of aliphatic hydroxyl groups excluding tert-OH is 1. The van der Waals surface area contributed by atoms with Crippen LogP contribution in [0.1, 0.15) is 44.9 Å². The van der Waals surface area contributed by atoms with Crippen molar-refractivity contribution < 1.29 is 9.90 Å². The number of carbonyl (C=O) groups is 1. The van der Waals surface area contributed by atoms with E-state index < -0.39 is 0 Å². The van der Waals surface area contributed by atoms with Gasteiger partial charge in [-0.2, -0.15) is 0 Å². The minimum atomic E-state index is -0.333. The van der Waals surface area contributed by atoms with E-state index in [1.807, 2.05) is 0 Å². The third kappa shape index (κ3) is 3.96. The molecular weight excluding hydrogens is 216 g/mol. The van der Waals surface area contributed by atoms with E-state index in [1.165, 1.54) is 6.42 Å². The second-order valence-electron chi connectivity index (χ2n) is 5.42. The quantitative estimate of drug-likeness (QED) is 0.681. The first-order valence-electron chi connectivity index (χ1n) is 6.94. The van der Waals surface area contributed by atoms with Crippen molar-refractivity contribution in [3.63, 3.8) is 0 Å². The van der Waals surface area contributed by atoms with Gasteiger partial charge in [-0.3, -0.25) is 4.79 Å². The predicted octanol–water partition coefficient (Wildman–Crippen LogP) is 0.796. The summed E-state index contributed by atoms with van der Waals surface area (Å²) in [4.78, 5) is 11.8. The Kier molecular flexibility index (Phi) is 4.80. The number of rotatable bonds is 4. The fourth-order valence-electron chi connectivity index (χ4n) is 2.85. The molecule has 1 aliphatic carbocycles. The van der Waals surface area contributed by atoms with Crippen LogP contribution in [0.15, 0.2) is 0 Å². The number of hydrogen-bond acceptors (Lipinski definition) is 3. The SMILES string of the molecule is O=C(CCC1CCNC1)NC1CCCCC1O. The van der Waals surface area contributed by atoms with E-state index in [0.29, 0.717) is 12.3 Å². The number of carbonyl (C=O) groups excluding carboxylic acids is 1. The van der Waals surface area contributed by atoms with Crippen LogP contribution in [0, 0.1) is 5.92 Å². The van der Waals surface area contributed by atoms with Crippen LogP contribution < -0.4 is 10.6 Å². The molecule has 3 N–H and O–H groups in total. The van der Waals surface area contributed by atoms with Crippen LogP contribution in [-0.2, 0) is 4.79 Å². The summed E-state index contributed by atoms with van der Waals surface area (Å²) in [6, 6.07) is -0.00190. The lowest BCUT2D eigenvalue weighted by atomic mass is 9.92. The molecule has 2 rings (SSSR count). The van der Waals surface area contributed by atoms with Gasteiger partial charge >= 0.3 is 0 Å². The van der Waals surface area contributed by atoms with Gasteiger partial charge in [-0.15, -0.1) is 0 Å². The standard InChI is InChI=1S/C13H24N2O2/c16-12-4-2-1-3-11(12)15-13(17)6-5-10-7-8-14-9-10/h10-12,14,16H,1-9H2,(H,15,17). The first kappa shape index (κ1) is 12.8. The monoisotopic (exact) mass is 240 g/mol. The molecule has 0 bridgehead atoms. The molecular formula is C13H24N2O2. The molecule has 17 heavy (non-hydrogen) atoms. The van der Waals surface area contributed by atoms with Crippen molar-refractivity contribution in [3.8, 4) is 0 Å². The Morgan fingerprint density at radius 2 is 2.12 bits per heavy atom. The smallest absolute Gasteiger partial charge is 0.220 e. The third-order valence-electron chi connectivity index (χ3n) is 4.02. The lowest BCUT2D eigenvalue weighted by molar-refractivity contribution is -0.123. The zero-order valence-corrected chi connectivity index (χ0v) is 10.5. The minimum absolute atomic E-state index is 0.00190. The number of nitrogens with one attached hydrogen (secondary N) is 2. The van der Waals surface area contributed by atoms with Gasteiger partial charge in [0.2, 0.25) is 5.91 Å². The van der Waals surface area contributed by atoms with Gasteiger partial charge in [-0.1, -0.05) is 12.8 Å². The summed E-state index contributed by atoms with van der Waals surface area (Å²) in [5, 5.41) is 16.1. The molecule has 4 nitrogen and oxygen atoms in total. The molecule has 1 saturated heterocycles. The molecule has 1 heterocycles. The average Bonchev–Trinajstić information content (AvgIpc) is 2.82. The van der Waals surface area contributed by atoms with Crippen molar-refractivity contribution in [3.05, 3.63) is 0 Å². The number of aliphatic hydroxyl groups is 1. The maximum Gasteiger partial charge on any atom is 0.220 e. The van der Waals surface area contributed by atoms with Crippen molar-refractivity contribution in [1.29, 1.82) is 0 Å². The molecule has 3 atom stereocenters. The summed E-state index contributed by atoms with van der Waals surface area (Å²) in [7, 11) is 0. The van der Waals surface area contributed by atoms with Gasteiger partial charge in [-0.25, -0.2) is 0 Å². The van der Waals surface area contributed by atoms with Gasteiger partial charge in [0.1, 0.15) is 0 Å². The molecule has 0 aromatic heterocycles. The molecule has 0 aromatic carbocycles. The van der Waals surface area contributed by atoms with Crippen molar-refractivity contribution in [2.24, 2.45) is 5.92 Å². The molecule has 4 heteroatoms. The Labute approximate surface area is 103 Å². The maximum absolute atomic E-state index is 11.8. The third-order valence-corrected chi connectivity index (χ3v) is 4.02. The van der Waals surface area contributed by atoms with E-state index in [4.69, 9.17) is 0 Å². The Morgan fingerprint density at radius 1 is 1.29 bits per heavy atom. The van der Waals surface area contributed by atoms with Crippen molar-refractivity contribution in [1.82, 2.24) is 10.6 Å². The summed E-state index contributed by atoms with van der Waals surface area (Å²) < 4.78 is 0. The van der Waals surface area contributed by atoms with Gasteiger partial charge in [0.25, 0.3) is 0 Å². The summed E-state index contributed by atoms with van der Waals surface area (Å²) >= 11 is 0. The number of hydrogen-bond donors (Lipinski definition) is 3. The molecule has 1 aliphatic heterocycles. The van der Waals surface area contributed by atoms with Crippen LogP contribution in [-0.4, -0.2) is 36.2 Å². The molecule has 2 fully saturated rings. The van der Waals surface area contributed by atoms with Crippen molar-refractivity contribution in [2.45, 2.75) is 57.1 Å². The maximum atomic E-state index is 11.8. The van der Waals surface area contributed by atoms with Crippen LogP contribution in [0.25, 0.3) is 0 Å². The highest BCUT2D eigenvalue weighted by molar-refractivity contribution is 5.76. The van der Waals surface area contributed by atoms with Crippen LogP contribution in [0.3, 0.4) is 0 Å². The highest BCUT2D eigenvalue weighted by atomic mass is 16.3.